The van der Waals surface area contributed by atoms with E-state index in [0.29, 0.717) is 24.4 Å². The highest BCUT2D eigenvalue weighted by Crippen LogP contribution is 2.20. The maximum atomic E-state index is 11.8. The summed E-state index contributed by atoms with van der Waals surface area (Å²) in [6.07, 6.45) is 3.11. The molecule has 0 unspecified atom stereocenters. The monoisotopic (exact) mass is 327 g/mol. The summed E-state index contributed by atoms with van der Waals surface area (Å²) >= 11 is 0. The van der Waals surface area contributed by atoms with Crippen molar-refractivity contribution >= 4 is 11.8 Å². The van der Waals surface area contributed by atoms with Crippen LogP contribution in [0.4, 0.5) is 0 Å². The molecule has 0 aliphatic rings. The number of hydrogen-bond donors (Lipinski definition) is 2. The number of benzene rings is 1. The highest BCUT2D eigenvalue weighted by molar-refractivity contribution is 5.93. The molecule has 0 fully saturated rings. The summed E-state index contributed by atoms with van der Waals surface area (Å²) in [6.45, 7) is 4.58. The van der Waals surface area contributed by atoms with Crippen LogP contribution in [0.15, 0.2) is 42.7 Å². The van der Waals surface area contributed by atoms with E-state index < -0.39 is 0 Å². The highest BCUT2D eigenvalue weighted by Gasteiger charge is 2.07. The van der Waals surface area contributed by atoms with Crippen LogP contribution in [-0.4, -0.2) is 36.5 Å². The van der Waals surface area contributed by atoms with Gasteiger partial charge in [-0.2, -0.15) is 0 Å². The molecule has 2 rings (SSSR count). The van der Waals surface area contributed by atoms with E-state index in [1.54, 1.807) is 24.5 Å². The van der Waals surface area contributed by atoms with Gasteiger partial charge in [0.25, 0.3) is 11.8 Å². The van der Waals surface area contributed by atoms with Crippen molar-refractivity contribution in [2.75, 3.05) is 19.7 Å². The molecular weight excluding hydrogens is 306 g/mol. The summed E-state index contributed by atoms with van der Waals surface area (Å²) in [5, 5.41) is 5.43. The average molecular weight is 327 g/mol. The van der Waals surface area contributed by atoms with Crippen molar-refractivity contribution in [3.05, 3.63) is 59.4 Å². The van der Waals surface area contributed by atoms with Gasteiger partial charge in [0.05, 0.1) is 0 Å². The molecule has 6 nitrogen and oxygen atoms in total. The van der Waals surface area contributed by atoms with Gasteiger partial charge in [0.2, 0.25) is 0 Å². The van der Waals surface area contributed by atoms with Gasteiger partial charge in [0.15, 0.2) is 6.61 Å². The molecule has 2 amide bonds. The second-order valence-corrected chi connectivity index (χ2v) is 5.33. The average Bonchev–Trinajstić information content (AvgIpc) is 2.60. The van der Waals surface area contributed by atoms with E-state index in [0.717, 1.165) is 11.1 Å². The number of carbonyl (C=O) groups is 2. The van der Waals surface area contributed by atoms with Crippen LogP contribution >= 0.6 is 0 Å². The number of nitrogens with one attached hydrogen (secondary N) is 2. The first-order valence-electron chi connectivity index (χ1n) is 7.72. The number of ether oxygens (including phenoxy) is 1. The van der Waals surface area contributed by atoms with Gasteiger partial charge >= 0.3 is 0 Å². The lowest BCUT2D eigenvalue weighted by Gasteiger charge is -2.11. The minimum Gasteiger partial charge on any atom is -0.483 e. The van der Waals surface area contributed by atoms with Gasteiger partial charge < -0.3 is 15.4 Å². The normalized spacial score (nSPS) is 10.1. The number of nitrogens with zero attached hydrogens (tertiary/aromatic N) is 1. The van der Waals surface area contributed by atoms with Gasteiger partial charge in [-0.15, -0.1) is 0 Å². The second kappa shape index (κ2) is 8.67. The first-order chi connectivity index (χ1) is 11.6. The minimum absolute atomic E-state index is 0.0530. The topological polar surface area (TPSA) is 80.3 Å². The van der Waals surface area contributed by atoms with Gasteiger partial charge in [-0.05, 0) is 43.2 Å². The van der Waals surface area contributed by atoms with Gasteiger partial charge in [-0.25, -0.2) is 0 Å². The highest BCUT2D eigenvalue weighted by atomic mass is 16.5. The zero-order valence-electron chi connectivity index (χ0n) is 13.8. The summed E-state index contributed by atoms with van der Waals surface area (Å²) in [5.41, 5.74) is 2.68. The number of aromatic nitrogens is 1. The molecular formula is C18H21N3O3. The number of pyridine rings is 1. The Morgan fingerprint density at radius 1 is 1.04 bits per heavy atom. The number of hydrogen-bond acceptors (Lipinski definition) is 4. The van der Waals surface area contributed by atoms with Crippen molar-refractivity contribution in [1.29, 1.82) is 0 Å². The summed E-state index contributed by atoms with van der Waals surface area (Å²) in [5.74, 6) is 0.281. The fraction of sp³-hybridized carbons (Fsp3) is 0.278. The summed E-state index contributed by atoms with van der Waals surface area (Å²) in [6, 6.07) is 8.99. The Kier molecular flexibility index (Phi) is 6.31. The van der Waals surface area contributed by atoms with Crippen LogP contribution in [0, 0.1) is 13.8 Å². The molecule has 6 heteroatoms. The molecule has 0 radical (unpaired) electrons. The lowest BCUT2D eigenvalue weighted by atomic mass is 10.1. The fourth-order valence-electron chi connectivity index (χ4n) is 2.06. The molecule has 0 spiro atoms. The zero-order chi connectivity index (χ0) is 17.4. The molecule has 1 aromatic carbocycles. The van der Waals surface area contributed by atoms with Crippen LogP contribution < -0.4 is 15.4 Å². The van der Waals surface area contributed by atoms with Crippen LogP contribution in [-0.2, 0) is 4.79 Å². The van der Waals surface area contributed by atoms with E-state index in [9.17, 15) is 9.59 Å². The Morgan fingerprint density at radius 3 is 2.50 bits per heavy atom. The van der Waals surface area contributed by atoms with Crippen LogP contribution in [0.2, 0.25) is 0 Å². The van der Waals surface area contributed by atoms with Crippen LogP contribution in [0.25, 0.3) is 0 Å². The molecule has 1 aromatic heterocycles. The maximum Gasteiger partial charge on any atom is 0.258 e. The van der Waals surface area contributed by atoms with Crippen molar-refractivity contribution in [2.45, 2.75) is 13.8 Å². The van der Waals surface area contributed by atoms with E-state index in [-0.39, 0.29) is 18.4 Å². The first kappa shape index (κ1) is 17.5. The van der Waals surface area contributed by atoms with E-state index in [2.05, 4.69) is 15.6 Å². The lowest BCUT2D eigenvalue weighted by Crippen LogP contribution is -2.36. The van der Waals surface area contributed by atoms with Gasteiger partial charge in [-0.1, -0.05) is 12.1 Å². The molecule has 126 valence electrons. The SMILES string of the molecule is Cc1cccc(OCC(=O)NCCNC(=O)c2ccncc2)c1C. The van der Waals surface area contributed by atoms with Crippen LogP contribution in [0.1, 0.15) is 21.5 Å². The van der Waals surface area contributed by atoms with Crippen molar-refractivity contribution in [2.24, 2.45) is 0 Å². The predicted octanol–water partition coefficient (Wildman–Crippen LogP) is 1.62. The summed E-state index contributed by atoms with van der Waals surface area (Å²) in [7, 11) is 0. The Bertz CT molecular complexity index is 702. The van der Waals surface area contributed by atoms with E-state index in [1.807, 2.05) is 32.0 Å². The minimum atomic E-state index is -0.228. The Labute approximate surface area is 141 Å². The number of amides is 2. The van der Waals surface area contributed by atoms with Gasteiger partial charge in [0, 0.05) is 31.0 Å². The standard InChI is InChI=1S/C18H21N3O3/c1-13-4-3-5-16(14(13)2)24-12-17(22)20-10-11-21-18(23)15-6-8-19-9-7-15/h3-9H,10-12H2,1-2H3,(H,20,22)(H,21,23). The van der Waals surface area contributed by atoms with Crippen molar-refractivity contribution in [3.63, 3.8) is 0 Å². The third-order valence-electron chi connectivity index (χ3n) is 3.59. The first-order valence-corrected chi connectivity index (χ1v) is 7.72. The molecule has 0 aliphatic heterocycles. The number of rotatable bonds is 7. The lowest BCUT2D eigenvalue weighted by molar-refractivity contribution is -0.123. The third kappa shape index (κ3) is 5.08. The number of aryl methyl sites for hydroxylation is 1. The molecule has 2 aromatic rings. The van der Waals surface area contributed by atoms with Crippen molar-refractivity contribution in [1.82, 2.24) is 15.6 Å². The van der Waals surface area contributed by atoms with Gasteiger partial charge in [0.1, 0.15) is 5.75 Å². The molecule has 0 saturated heterocycles. The molecule has 0 saturated carbocycles. The summed E-state index contributed by atoms with van der Waals surface area (Å²) in [4.78, 5) is 27.4. The van der Waals surface area contributed by atoms with Crippen molar-refractivity contribution in [3.8, 4) is 5.75 Å². The summed E-state index contributed by atoms with van der Waals surface area (Å²) < 4.78 is 5.52. The Balaban J connectivity index is 1.67. The van der Waals surface area contributed by atoms with Crippen LogP contribution in [0.3, 0.4) is 0 Å². The third-order valence-corrected chi connectivity index (χ3v) is 3.59. The number of carbonyl (C=O) groups excluding carboxylic acids is 2. The van der Waals surface area contributed by atoms with E-state index in [1.165, 1.54) is 0 Å². The molecule has 0 aliphatic carbocycles. The Hall–Kier alpha value is -2.89. The Morgan fingerprint density at radius 2 is 1.75 bits per heavy atom. The second-order valence-electron chi connectivity index (χ2n) is 5.33. The van der Waals surface area contributed by atoms with E-state index in [4.69, 9.17) is 4.74 Å². The molecule has 24 heavy (non-hydrogen) atoms. The van der Waals surface area contributed by atoms with E-state index >= 15 is 0 Å². The maximum absolute atomic E-state index is 11.8. The molecule has 0 atom stereocenters. The molecule has 2 N–H and O–H groups in total. The smallest absolute Gasteiger partial charge is 0.258 e. The fourth-order valence-corrected chi connectivity index (χ4v) is 2.06. The molecule has 1 heterocycles. The largest absolute Gasteiger partial charge is 0.483 e. The zero-order valence-corrected chi connectivity index (χ0v) is 13.8. The predicted molar refractivity (Wildman–Crippen MR) is 91.0 cm³/mol. The quantitative estimate of drug-likeness (QED) is 0.757. The molecule has 0 bridgehead atoms. The van der Waals surface area contributed by atoms with Crippen LogP contribution in [0.5, 0.6) is 5.75 Å². The van der Waals surface area contributed by atoms with Gasteiger partial charge in [-0.3, -0.25) is 14.6 Å². The van der Waals surface area contributed by atoms with Crippen molar-refractivity contribution < 1.29 is 14.3 Å².